The van der Waals surface area contributed by atoms with Crippen molar-refractivity contribution >= 4 is 11.8 Å². The molecule has 1 aromatic carbocycles. The van der Waals surface area contributed by atoms with Gasteiger partial charge in [-0.15, -0.1) is 5.10 Å². The molecule has 0 unspecified atom stereocenters. The minimum Gasteiger partial charge on any atom is -0.347 e. The Morgan fingerprint density at radius 3 is 2.77 bits per heavy atom. The zero-order chi connectivity index (χ0) is 21.8. The van der Waals surface area contributed by atoms with Gasteiger partial charge in [-0.1, -0.05) is 35.5 Å². The summed E-state index contributed by atoms with van der Waals surface area (Å²) in [5.41, 5.74) is 2.82. The van der Waals surface area contributed by atoms with Crippen LogP contribution < -0.4 is 5.32 Å². The van der Waals surface area contributed by atoms with Gasteiger partial charge in [0, 0.05) is 25.3 Å². The van der Waals surface area contributed by atoms with Crippen molar-refractivity contribution in [1.29, 1.82) is 0 Å². The molecule has 3 aromatic rings. The molecule has 0 aliphatic carbocycles. The molecule has 0 saturated carbocycles. The molecule has 1 N–H and O–H groups in total. The van der Waals surface area contributed by atoms with Gasteiger partial charge in [-0.2, -0.15) is 5.10 Å². The molecular formula is C22H27N7O2. The van der Waals surface area contributed by atoms with Gasteiger partial charge in [0.05, 0.1) is 30.5 Å². The molecule has 4 rings (SSSR count). The second kappa shape index (κ2) is 9.11. The number of nitrogens with zero attached hydrogens (tertiary/aromatic N) is 6. The van der Waals surface area contributed by atoms with Crippen molar-refractivity contribution < 1.29 is 9.59 Å². The molecule has 0 spiro atoms. The molecule has 3 heterocycles. The molecule has 1 aliphatic rings. The van der Waals surface area contributed by atoms with E-state index in [-0.39, 0.29) is 23.6 Å². The number of rotatable bonds is 7. The molecule has 2 aromatic heterocycles. The number of likely N-dealkylation sites (tertiary alicyclic amines) is 1. The van der Waals surface area contributed by atoms with Crippen LogP contribution in [0.1, 0.15) is 51.9 Å². The fourth-order valence-electron chi connectivity index (χ4n) is 4.00. The largest absolute Gasteiger partial charge is 0.347 e. The molecule has 162 valence electrons. The Morgan fingerprint density at radius 1 is 1.23 bits per heavy atom. The summed E-state index contributed by atoms with van der Waals surface area (Å²) in [6.45, 7) is 6.31. The van der Waals surface area contributed by atoms with Crippen LogP contribution in [0.4, 0.5) is 0 Å². The molecule has 9 heteroatoms. The summed E-state index contributed by atoms with van der Waals surface area (Å²) in [6, 6.07) is 9.72. The first kappa shape index (κ1) is 20.8. The summed E-state index contributed by atoms with van der Waals surface area (Å²) < 4.78 is 3.48. The van der Waals surface area contributed by atoms with E-state index in [1.807, 2.05) is 53.8 Å². The monoisotopic (exact) mass is 421 g/mol. The fourth-order valence-corrected chi connectivity index (χ4v) is 4.00. The van der Waals surface area contributed by atoms with Gasteiger partial charge in [0.1, 0.15) is 0 Å². The second-order valence-electron chi connectivity index (χ2n) is 7.75. The van der Waals surface area contributed by atoms with E-state index in [0.29, 0.717) is 25.2 Å². The number of hydrogen-bond acceptors (Lipinski definition) is 5. The first-order valence-corrected chi connectivity index (χ1v) is 10.6. The van der Waals surface area contributed by atoms with Gasteiger partial charge in [-0.05, 0) is 32.3 Å². The van der Waals surface area contributed by atoms with Crippen LogP contribution in [-0.2, 0) is 19.6 Å². The van der Waals surface area contributed by atoms with Crippen LogP contribution in [0.15, 0.2) is 42.7 Å². The molecule has 0 radical (unpaired) electrons. The maximum absolute atomic E-state index is 13.1. The van der Waals surface area contributed by atoms with Gasteiger partial charge in [0.2, 0.25) is 0 Å². The molecule has 31 heavy (non-hydrogen) atoms. The van der Waals surface area contributed by atoms with Gasteiger partial charge < -0.3 is 10.2 Å². The maximum atomic E-state index is 13.1. The van der Waals surface area contributed by atoms with Crippen molar-refractivity contribution in [3.05, 3.63) is 65.2 Å². The van der Waals surface area contributed by atoms with E-state index in [4.69, 9.17) is 0 Å². The number of benzene rings is 1. The van der Waals surface area contributed by atoms with E-state index in [2.05, 4.69) is 20.7 Å². The molecule has 2 amide bonds. The number of carbonyl (C=O) groups excluding carboxylic acids is 2. The number of hydrogen-bond donors (Lipinski definition) is 1. The SMILES string of the molecule is CCn1ncc(C(=O)N2CCC[C@H]2Cn2cc(C(=O)NCc3ccccc3)nn2)c1C. The predicted molar refractivity (Wildman–Crippen MR) is 114 cm³/mol. The standard InChI is InChI=1S/C22H27N7O2/c1-3-29-16(2)19(13-24-29)22(31)28-11-7-10-18(28)14-27-15-20(25-26-27)21(30)23-12-17-8-5-4-6-9-17/h4-6,8-9,13,15,18H,3,7,10-12,14H2,1-2H3,(H,23,30)/t18-/m0/s1. The van der Waals surface area contributed by atoms with Crippen LogP contribution in [0.3, 0.4) is 0 Å². The van der Waals surface area contributed by atoms with E-state index in [0.717, 1.165) is 30.6 Å². The molecule has 9 nitrogen and oxygen atoms in total. The van der Waals surface area contributed by atoms with Crippen molar-refractivity contribution in [2.45, 2.75) is 52.4 Å². The first-order chi connectivity index (χ1) is 15.1. The van der Waals surface area contributed by atoms with E-state index < -0.39 is 0 Å². The summed E-state index contributed by atoms with van der Waals surface area (Å²) in [5.74, 6) is -0.266. The molecule has 1 saturated heterocycles. The molecular weight excluding hydrogens is 394 g/mol. The van der Waals surface area contributed by atoms with E-state index in [1.54, 1.807) is 17.1 Å². The van der Waals surface area contributed by atoms with Gasteiger partial charge in [0.15, 0.2) is 5.69 Å². The Bertz CT molecular complexity index is 1060. The number of amides is 2. The van der Waals surface area contributed by atoms with Crippen LogP contribution in [0.25, 0.3) is 0 Å². The zero-order valence-electron chi connectivity index (χ0n) is 17.9. The van der Waals surface area contributed by atoms with Crippen LogP contribution in [0.5, 0.6) is 0 Å². The maximum Gasteiger partial charge on any atom is 0.273 e. The Morgan fingerprint density at radius 2 is 2.03 bits per heavy atom. The highest BCUT2D eigenvalue weighted by atomic mass is 16.2. The third kappa shape index (κ3) is 4.50. The summed E-state index contributed by atoms with van der Waals surface area (Å²) in [7, 11) is 0. The highest BCUT2D eigenvalue weighted by Gasteiger charge is 2.31. The summed E-state index contributed by atoms with van der Waals surface area (Å²) in [4.78, 5) is 27.4. The third-order valence-electron chi connectivity index (χ3n) is 5.74. The Hall–Kier alpha value is -3.49. The molecule has 1 aliphatic heterocycles. The number of carbonyl (C=O) groups is 2. The smallest absolute Gasteiger partial charge is 0.273 e. The highest BCUT2D eigenvalue weighted by molar-refractivity contribution is 5.95. The van der Waals surface area contributed by atoms with Crippen molar-refractivity contribution in [2.24, 2.45) is 0 Å². The van der Waals surface area contributed by atoms with Crippen molar-refractivity contribution in [2.75, 3.05) is 6.54 Å². The first-order valence-electron chi connectivity index (χ1n) is 10.6. The third-order valence-corrected chi connectivity index (χ3v) is 5.74. The van der Waals surface area contributed by atoms with Crippen molar-refractivity contribution in [3.8, 4) is 0 Å². The topological polar surface area (TPSA) is 97.9 Å². The van der Waals surface area contributed by atoms with E-state index in [1.165, 1.54) is 0 Å². The van der Waals surface area contributed by atoms with Crippen LogP contribution >= 0.6 is 0 Å². The minimum atomic E-state index is -0.267. The lowest BCUT2D eigenvalue weighted by Crippen LogP contribution is -2.38. The Labute approximate surface area is 181 Å². The van der Waals surface area contributed by atoms with Crippen LogP contribution in [-0.4, -0.2) is 54.1 Å². The Balaban J connectivity index is 1.38. The normalized spacial score (nSPS) is 15.9. The van der Waals surface area contributed by atoms with Gasteiger partial charge in [0.25, 0.3) is 11.8 Å². The lowest BCUT2D eigenvalue weighted by atomic mass is 10.2. The molecule has 1 atom stereocenters. The van der Waals surface area contributed by atoms with Crippen LogP contribution in [0.2, 0.25) is 0 Å². The van der Waals surface area contributed by atoms with Gasteiger partial charge >= 0.3 is 0 Å². The summed E-state index contributed by atoms with van der Waals surface area (Å²) in [6.07, 6.45) is 5.13. The number of nitrogens with one attached hydrogen (secondary N) is 1. The number of aryl methyl sites for hydroxylation is 1. The van der Waals surface area contributed by atoms with Crippen molar-refractivity contribution in [1.82, 2.24) is 35.0 Å². The molecule has 0 bridgehead atoms. The summed E-state index contributed by atoms with van der Waals surface area (Å²) in [5, 5.41) is 15.3. The second-order valence-corrected chi connectivity index (χ2v) is 7.75. The lowest BCUT2D eigenvalue weighted by Gasteiger charge is -2.24. The highest BCUT2D eigenvalue weighted by Crippen LogP contribution is 2.22. The Kier molecular flexibility index (Phi) is 6.11. The predicted octanol–water partition coefficient (Wildman–Crippen LogP) is 2.04. The van der Waals surface area contributed by atoms with Crippen LogP contribution in [0, 0.1) is 6.92 Å². The minimum absolute atomic E-state index is 0.000595. The fraction of sp³-hybridized carbons (Fsp3) is 0.409. The van der Waals surface area contributed by atoms with E-state index >= 15 is 0 Å². The van der Waals surface area contributed by atoms with E-state index in [9.17, 15) is 9.59 Å². The number of aromatic nitrogens is 5. The lowest BCUT2D eigenvalue weighted by molar-refractivity contribution is 0.0720. The summed E-state index contributed by atoms with van der Waals surface area (Å²) >= 11 is 0. The average Bonchev–Trinajstić information content (AvgIpc) is 3.53. The quantitative estimate of drug-likeness (QED) is 0.630. The van der Waals surface area contributed by atoms with Gasteiger partial charge in [-0.25, -0.2) is 4.68 Å². The zero-order valence-corrected chi connectivity index (χ0v) is 17.9. The van der Waals surface area contributed by atoms with Crippen molar-refractivity contribution in [3.63, 3.8) is 0 Å². The average molecular weight is 422 g/mol. The molecule has 1 fully saturated rings. The van der Waals surface area contributed by atoms with Gasteiger partial charge in [-0.3, -0.25) is 14.3 Å².